The molecule has 0 unspecified atom stereocenters. The van der Waals surface area contributed by atoms with Gasteiger partial charge in [-0.15, -0.1) is 0 Å². The van der Waals surface area contributed by atoms with Crippen LogP contribution >= 0.6 is 0 Å². The van der Waals surface area contributed by atoms with Crippen molar-refractivity contribution in [2.75, 3.05) is 13.2 Å². The second kappa shape index (κ2) is 8.83. The minimum atomic E-state index is -1.00. The first kappa shape index (κ1) is 19.8. The standard InChI is InChI=1S/C22H28O5/c1-22(2)26-15-19(27-22)20(21(23)24)25-13-7-3-4-8-16-11-12-17-9-5-6-10-18(17)14-16/h5-6,9-12,14,19-20H,3-4,7-8,13,15H2,1-2H3,(H,23,24)/t19-,20+/m0/s1. The van der Waals surface area contributed by atoms with Gasteiger partial charge in [-0.2, -0.15) is 0 Å². The summed E-state index contributed by atoms with van der Waals surface area (Å²) in [7, 11) is 0. The maximum atomic E-state index is 11.4. The van der Waals surface area contributed by atoms with Crippen molar-refractivity contribution in [3.8, 4) is 0 Å². The Hall–Kier alpha value is -1.95. The van der Waals surface area contributed by atoms with Crippen molar-refractivity contribution in [1.29, 1.82) is 0 Å². The zero-order chi connectivity index (χ0) is 19.3. The van der Waals surface area contributed by atoms with E-state index in [2.05, 4.69) is 42.5 Å². The van der Waals surface area contributed by atoms with Crippen LogP contribution in [0.25, 0.3) is 10.8 Å². The first-order valence-electron chi connectivity index (χ1n) is 9.58. The third kappa shape index (κ3) is 5.51. The molecule has 1 aliphatic heterocycles. The van der Waals surface area contributed by atoms with Crippen molar-refractivity contribution in [3.63, 3.8) is 0 Å². The third-order valence-corrected chi connectivity index (χ3v) is 4.83. The summed E-state index contributed by atoms with van der Waals surface area (Å²) in [4.78, 5) is 11.4. The number of aliphatic carboxylic acids is 1. The van der Waals surface area contributed by atoms with Crippen molar-refractivity contribution in [2.45, 2.75) is 57.5 Å². The zero-order valence-corrected chi connectivity index (χ0v) is 16.0. The monoisotopic (exact) mass is 372 g/mol. The molecule has 0 amide bonds. The third-order valence-electron chi connectivity index (χ3n) is 4.83. The van der Waals surface area contributed by atoms with Crippen LogP contribution in [-0.2, 0) is 25.4 Å². The Labute approximate surface area is 160 Å². The van der Waals surface area contributed by atoms with E-state index in [1.807, 2.05) is 0 Å². The van der Waals surface area contributed by atoms with Gasteiger partial charge in [0.25, 0.3) is 0 Å². The number of unbranched alkanes of at least 4 members (excludes halogenated alkanes) is 2. The van der Waals surface area contributed by atoms with E-state index in [-0.39, 0.29) is 6.61 Å². The fourth-order valence-electron chi connectivity index (χ4n) is 3.41. The second-order valence-corrected chi connectivity index (χ2v) is 7.49. The number of benzene rings is 2. The lowest BCUT2D eigenvalue weighted by Crippen LogP contribution is -2.39. The lowest BCUT2D eigenvalue weighted by molar-refractivity contribution is -0.174. The fourth-order valence-corrected chi connectivity index (χ4v) is 3.41. The Bertz CT molecular complexity index is 770. The lowest BCUT2D eigenvalue weighted by atomic mass is 10.0. The Morgan fingerprint density at radius 1 is 1.19 bits per heavy atom. The van der Waals surface area contributed by atoms with Crippen LogP contribution in [0.4, 0.5) is 0 Å². The molecule has 1 N–H and O–H groups in total. The first-order chi connectivity index (χ1) is 12.9. The minimum Gasteiger partial charge on any atom is -0.479 e. The molecule has 0 spiro atoms. The van der Waals surface area contributed by atoms with Crippen LogP contribution in [0, 0.1) is 0 Å². The summed E-state index contributed by atoms with van der Waals surface area (Å²) < 4.78 is 16.6. The Balaban J connectivity index is 1.38. The van der Waals surface area contributed by atoms with Crippen molar-refractivity contribution in [1.82, 2.24) is 0 Å². The number of carboxylic acid groups (broad SMARTS) is 1. The van der Waals surface area contributed by atoms with Crippen molar-refractivity contribution >= 4 is 16.7 Å². The highest BCUT2D eigenvalue weighted by Crippen LogP contribution is 2.25. The SMILES string of the molecule is CC1(C)OC[C@@H]([C@@H](OCCCCCc2ccc3ccccc3c2)C(=O)O)O1. The molecule has 2 aromatic carbocycles. The average Bonchev–Trinajstić information content (AvgIpc) is 3.00. The van der Waals surface area contributed by atoms with Gasteiger partial charge in [-0.3, -0.25) is 0 Å². The molecule has 2 atom stereocenters. The summed E-state index contributed by atoms with van der Waals surface area (Å²) in [6.07, 6.45) is 2.35. The molecule has 1 aliphatic rings. The van der Waals surface area contributed by atoms with Gasteiger partial charge in [-0.1, -0.05) is 48.9 Å². The molecule has 0 bridgehead atoms. The van der Waals surface area contributed by atoms with Gasteiger partial charge in [0.1, 0.15) is 6.10 Å². The number of hydrogen-bond donors (Lipinski definition) is 1. The van der Waals surface area contributed by atoms with Crippen molar-refractivity contribution in [3.05, 3.63) is 48.0 Å². The molecule has 3 rings (SSSR count). The largest absolute Gasteiger partial charge is 0.479 e. The topological polar surface area (TPSA) is 65.0 Å². The Kier molecular flexibility index (Phi) is 6.47. The number of ether oxygens (including phenoxy) is 3. The molecule has 0 radical (unpaired) electrons. The van der Waals surface area contributed by atoms with Crippen LogP contribution < -0.4 is 0 Å². The minimum absolute atomic E-state index is 0.242. The number of hydrogen-bond acceptors (Lipinski definition) is 4. The summed E-state index contributed by atoms with van der Waals surface area (Å²) in [5.74, 6) is -1.75. The molecule has 0 aliphatic carbocycles. The smallest absolute Gasteiger partial charge is 0.335 e. The molecular weight excluding hydrogens is 344 g/mol. The molecular formula is C22H28O5. The van der Waals surface area contributed by atoms with E-state index in [1.165, 1.54) is 16.3 Å². The van der Waals surface area contributed by atoms with Gasteiger partial charge >= 0.3 is 5.97 Å². The maximum Gasteiger partial charge on any atom is 0.335 e. The van der Waals surface area contributed by atoms with E-state index in [0.29, 0.717) is 6.61 Å². The van der Waals surface area contributed by atoms with Crippen molar-refractivity contribution in [2.24, 2.45) is 0 Å². The average molecular weight is 372 g/mol. The molecule has 1 saturated heterocycles. The Morgan fingerprint density at radius 3 is 2.67 bits per heavy atom. The van der Waals surface area contributed by atoms with Crippen LogP contribution in [0.1, 0.15) is 38.7 Å². The van der Waals surface area contributed by atoms with Gasteiger partial charge in [0, 0.05) is 6.61 Å². The summed E-state index contributed by atoms with van der Waals surface area (Å²) in [5.41, 5.74) is 1.33. The van der Waals surface area contributed by atoms with Gasteiger partial charge in [0.05, 0.1) is 6.61 Å². The van der Waals surface area contributed by atoms with Gasteiger partial charge in [-0.05, 0) is 49.4 Å². The van der Waals surface area contributed by atoms with Crippen LogP contribution in [0.2, 0.25) is 0 Å². The van der Waals surface area contributed by atoms with Crippen LogP contribution in [0.15, 0.2) is 42.5 Å². The number of rotatable bonds is 9. The van der Waals surface area contributed by atoms with E-state index in [4.69, 9.17) is 14.2 Å². The predicted octanol–water partition coefficient (Wildman–Crippen LogP) is 4.17. The van der Waals surface area contributed by atoms with E-state index in [0.717, 1.165) is 25.7 Å². The summed E-state index contributed by atoms with van der Waals surface area (Å²) in [6, 6.07) is 14.9. The number of carbonyl (C=O) groups is 1. The highest BCUT2D eigenvalue weighted by atomic mass is 16.8. The van der Waals surface area contributed by atoms with Gasteiger partial charge < -0.3 is 19.3 Å². The summed E-state index contributed by atoms with van der Waals surface area (Å²) in [5, 5.41) is 11.9. The van der Waals surface area contributed by atoms with E-state index < -0.39 is 24.0 Å². The van der Waals surface area contributed by atoms with Gasteiger partial charge in [-0.25, -0.2) is 4.79 Å². The van der Waals surface area contributed by atoms with Crippen LogP contribution in [0.5, 0.6) is 0 Å². The van der Waals surface area contributed by atoms with Crippen LogP contribution in [0.3, 0.4) is 0 Å². The summed E-state index contributed by atoms with van der Waals surface area (Å²) in [6.45, 7) is 4.21. The molecule has 146 valence electrons. The molecule has 0 aromatic heterocycles. The van der Waals surface area contributed by atoms with E-state index >= 15 is 0 Å². The number of fused-ring (bicyclic) bond motifs is 1. The molecule has 0 saturated carbocycles. The lowest BCUT2D eigenvalue weighted by Gasteiger charge is -2.21. The number of carboxylic acids is 1. The zero-order valence-electron chi connectivity index (χ0n) is 16.0. The molecule has 5 heteroatoms. The van der Waals surface area contributed by atoms with E-state index in [1.54, 1.807) is 13.8 Å². The highest BCUT2D eigenvalue weighted by molar-refractivity contribution is 5.82. The van der Waals surface area contributed by atoms with E-state index in [9.17, 15) is 9.90 Å². The molecule has 2 aromatic rings. The quantitative estimate of drug-likeness (QED) is 0.669. The molecule has 27 heavy (non-hydrogen) atoms. The molecule has 1 fully saturated rings. The summed E-state index contributed by atoms with van der Waals surface area (Å²) >= 11 is 0. The number of aryl methyl sites for hydroxylation is 1. The molecule has 5 nitrogen and oxygen atoms in total. The van der Waals surface area contributed by atoms with Crippen LogP contribution in [-0.4, -0.2) is 42.3 Å². The normalized spacial score (nSPS) is 20.0. The first-order valence-corrected chi connectivity index (χ1v) is 9.58. The van der Waals surface area contributed by atoms with Gasteiger partial charge in [0.2, 0.25) is 0 Å². The predicted molar refractivity (Wildman–Crippen MR) is 104 cm³/mol. The highest BCUT2D eigenvalue weighted by Gasteiger charge is 2.41. The van der Waals surface area contributed by atoms with Crippen molar-refractivity contribution < 1.29 is 24.1 Å². The Morgan fingerprint density at radius 2 is 1.96 bits per heavy atom. The fraction of sp³-hybridized carbons (Fsp3) is 0.500. The maximum absolute atomic E-state index is 11.4. The molecule has 1 heterocycles. The second-order valence-electron chi connectivity index (χ2n) is 7.49. The van der Waals surface area contributed by atoms with Gasteiger partial charge in [0.15, 0.2) is 11.9 Å².